The van der Waals surface area contributed by atoms with Crippen LogP contribution in [0.3, 0.4) is 0 Å². The van der Waals surface area contributed by atoms with Crippen molar-refractivity contribution in [3.05, 3.63) is 53.9 Å². The Hall–Kier alpha value is -2.43. The first-order valence-electron chi connectivity index (χ1n) is 6.15. The summed E-state index contributed by atoms with van der Waals surface area (Å²) in [6.07, 6.45) is 1.66. The number of hydrogen-bond acceptors (Lipinski definition) is 5. The Morgan fingerprint density at radius 1 is 1.19 bits per heavy atom. The molecule has 2 N–H and O–H groups in total. The highest BCUT2D eigenvalue weighted by molar-refractivity contribution is 7.89. The largest absolute Gasteiger partial charge is 0.508 e. The number of benzene rings is 1. The van der Waals surface area contributed by atoms with E-state index in [4.69, 9.17) is 10.4 Å². The minimum Gasteiger partial charge on any atom is -0.508 e. The third-order valence-corrected chi connectivity index (χ3v) is 4.25. The van der Waals surface area contributed by atoms with Crippen molar-refractivity contribution in [2.75, 3.05) is 6.54 Å². The second-order valence-corrected chi connectivity index (χ2v) is 6.07. The number of nitrogens with one attached hydrogen (secondary N) is 1. The molecule has 21 heavy (non-hydrogen) atoms. The predicted molar refractivity (Wildman–Crippen MR) is 76.0 cm³/mol. The molecule has 2 rings (SSSR count). The van der Waals surface area contributed by atoms with Gasteiger partial charge in [-0.2, -0.15) is 5.26 Å². The summed E-state index contributed by atoms with van der Waals surface area (Å²) in [5.41, 5.74) is 1.08. The summed E-state index contributed by atoms with van der Waals surface area (Å²) < 4.78 is 26.5. The minimum absolute atomic E-state index is 0.0206. The number of sulfonamides is 1. The first-order valence-corrected chi connectivity index (χ1v) is 7.63. The van der Waals surface area contributed by atoms with Gasteiger partial charge in [-0.05, 0) is 36.2 Å². The molecular formula is C14H13N3O3S. The highest BCUT2D eigenvalue weighted by Gasteiger charge is 2.13. The van der Waals surface area contributed by atoms with Gasteiger partial charge in [-0.25, -0.2) is 18.1 Å². The van der Waals surface area contributed by atoms with Crippen LogP contribution in [0.4, 0.5) is 0 Å². The topological polar surface area (TPSA) is 103 Å². The number of rotatable bonds is 5. The van der Waals surface area contributed by atoms with Gasteiger partial charge in [-0.15, -0.1) is 0 Å². The smallest absolute Gasteiger partial charge is 0.242 e. The van der Waals surface area contributed by atoms with Crippen molar-refractivity contribution >= 4 is 10.0 Å². The van der Waals surface area contributed by atoms with Gasteiger partial charge in [-0.3, -0.25) is 0 Å². The summed E-state index contributed by atoms with van der Waals surface area (Å²) in [5, 5.41) is 17.8. The number of nitriles is 1. The van der Waals surface area contributed by atoms with Crippen LogP contribution in [0.1, 0.15) is 11.3 Å². The molecule has 0 fully saturated rings. The summed E-state index contributed by atoms with van der Waals surface area (Å²) >= 11 is 0. The van der Waals surface area contributed by atoms with Gasteiger partial charge in [0.2, 0.25) is 10.0 Å². The van der Waals surface area contributed by atoms with Crippen molar-refractivity contribution in [1.82, 2.24) is 9.71 Å². The van der Waals surface area contributed by atoms with E-state index in [1.165, 1.54) is 12.1 Å². The average molecular weight is 303 g/mol. The zero-order valence-corrected chi connectivity index (χ0v) is 11.8. The number of phenols is 1. The van der Waals surface area contributed by atoms with Gasteiger partial charge in [0.05, 0.1) is 0 Å². The van der Waals surface area contributed by atoms with Crippen LogP contribution >= 0.6 is 0 Å². The number of aromatic nitrogens is 1. The molecule has 0 amide bonds. The third-order valence-electron chi connectivity index (χ3n) is 2.80. The van der Waals surface area contributed by atoms with Crippen LogP contribution < -0.4 is 4.72 Å². The zero-order valence-electron chi connectivity index (χ0n) is 11.0. The first-order chi connectivity index (χ1) is 10.0. The Bertz CT molecular complexity index is 748. The molecule has 1 heterocycles. The zero-order chi connectivity index (χ0) is 15.3. The molecule has 0 aliphatic rings. The van der Waals surface area contributed by atoms with E-state index in [-0.39, 0.29) is 22.9 Å². The number of aromatic hydroxyl groups is 1. The fraction of sp³-hybridized carbons (Fsp3) is 0.143. The highest BCUT2D eigenvalue weighted by Crippen LogP contribution is 2.11. The van der Waals surface area contributed by atoms with Gasteiger partial charge in [0, 0.05) is 12.7 Å². The van der Waals surface area contributed by atoms with Crippen molar-refractivity contribution < 1.29 is 13.5 Å². The summed E-state index contributed by atoms with van der Waals surface area (Å²) in [7, 11) is -3.63. The summed E-state index contributed by atoms with van der Waals surface area (Å²) in [4.78, 5) is 3.75. The molecule has 0 aliphatic carbocycles. The number of phenolic OH excluding ortho intramolecular Hbond substituents is 1. The Kier molecular flexibility index (Phi) is 4.52. The van der Waals surface area contributed by atoms with Crippen LogP contribution in [0.2, 0.25) is 0 Å². The van der Waals surface area contributed by atoms with E-state index < -0.39 is 10.0 Å². The van der Waals surface area contributed by atoms with Crippen LogP contribution in [-0.4, -0.2) is 25.1 Å². The van der Waals surface area contributed by atoms with Crippen molar-refractivity contribution in [2.24, 2.45) is 0 Å². The third kappa shape index (κ3) is 4.02. The normalized spacial score (nSPS) is 11.0. The lowest BCUT2D eigenvalue weighted by Gasteiger charge is -2.06. The monoisotopic (exact) mass is 303 g/mol. The van der Waals surface area contributed by atoms with E-state index in [2.05, 4.69) is 9.71 Å². The molecule has 108 valence electrons. The molecule has 0 bridgehead atoms. The fourth-order valence-corrected chi connectivity index (χ4v) is 2.66. The SMILES string of the molecule is N#Cc1ccc(S(=O)(=O)NCCc2ccc(O)cc2)cn1. The Labute approximate surface area is 122 Å². The van der Waals surface area contributed by atoms with Gasteiger partial charge in [-0.1, -0.05) is 12.1 Å². The standard InChI is InChI=1S/C14H13N3O3S/c15-9-12-3-6-14(10-16-12)21(19,20)17-8-7-11-1-4-13(18)5-2-11/h1-6,10,17-18H,7-8H2. The van der Waals surface area contributed by atoms with Crippen molar-refractivity contribution in [2.45, 2.75) is 11.3 Å². The highest BCUT2D eigenvalue weighted by atomic mass is 32.2. The maximum Gasteiger partial charge on any atom is 0.242 e. The predicted octanol–water partition coefficient (Wildman–Crippen LogP) is 1.18. The van der Waals surface area contributed by atoms with Gasteiger partial charge in [0.25, 0.3) is 0 Å². The molecule has 0 spiro atoms. The molecule has 7 heteroatoms. The molecule has 1 aromatic carbocycles. The average Bonchev–Trinajstić information content (AvgIpc) is 2.49. The number of pyridine rings is 1. The molecule has 0 unspecified atom stereocenters. The van der Waals surface area contributed by atoms with Crippen molar-refractivity contribution in [3.8, 4) is 11.8 Å². The van der Waals surface area contributed by atoms with E-state index >= 15 is 0 Å². The minimum atomic E-state index is -3.63. The molecule has 2 aromatic rings. The van der Waals surface area contributed by atoms with E-state index in [0.717, 1.165) is 11.8 Å². The van der Waals surface area contributed by atoms with E-state index in [1.54, 1.807) is 24.3 Å². The summed E-state index contributed by atoms with van der Waals surface area (Å²) in [6.45, 7) is 0.229. The van der Waals surface area contributed by atoms with Crippen LogP contribution in [0.5, 0.6) is 5.75 Å². The van der Waals surface area contributed by atoms with E-state index in [9.17, 15) is 8.42 Å². The lowest BCUT2D eigenvalue weighted by Crippen LogP contribution is -2.26. The number of nitrogens with zero attached hydrogens (tertiary/aromatic N) is 2. The molecule has 0 radical (unpaired) electrons. The van der Waals surface area contributed by atoms with Crippen LogP contribution in [0, 0.1) is 11.3 Å². The maximum atomic E-state index is 12.0. The van der Waals surface area contributed by atoms with Crippen LogP contribution in [-0.2, 0) is 16.4 Å². The van der Waals surface area contributed by atoms with E-state index in [0.29, 0.717) is 6.42 Å². The molecule has 0 atom stereocenters. The molecule has 0 aliphatic heterocycles. The lowest BCUT2D eigenvalue weighted by atomic mass is 10.1. The lowest BCUT2D eigenvalue weighted by molar-refractivity contribution is 0.475. The van der Waals surface area contributed by atoms with Gasteiger partial charge in [0.15, 0.2) is 0 Å². The summed E-state index contributed by atoms with van der Waals surface area (Å²) in [6, 6.07) is 11.1. The van der Waals surface area contributed by atoms with Gasteiger partial charge < -0.3 is 5.11 Å². The molecule has 0 saturated carbocycles. The Morgan fingerprint density at radius 2 is 1.90 bits per heavy atom. The molecule has 1 aromatic heterocycles. The van der Waals surface area contributed by atoms with Crippen molar-refractivity contribution in [1.29, 1.82) is 5.26 Å². The molecular weight excluding hydrogens is 290 g/mol. The van der Waals surface area contributed by atoms with Gasteiger partial charge >= 0.3 is 0 Å². The van der Waals surface area contributed by atoms with Crippen LogP contribution in [0.15, 0.2) is 47.5 Å². The van der Waals surface area contributed by atoms with Crippen molar-refractivity contribution in [3.63, 3.8) is 0 Å². The van der Waals surface area contributed by atoms with E-state index in [1.807, 2.05) is 6.07 Å². The maximum absolute atomic E-state index is 12.0. The summed E-state index contributed by atoms with van der Waals surface area (Å²) in [5.74, 6) is 0.169. The second-order valence-electron chi connectivity index (χ2n) is 4.31. The molecule has 6 nitrogen and oxygen atoms in total. The fourth-order valence-electron chi connectivity index (χ4n) is 1.68. The quantitative estimate of drug-likeness (QED) is 0.863. The number of hydrogen-bond donors (Lipinski definition) is 2. The Morgan fingerprint density at radius 3 is 2.48 bits per heavy atom. The first kappa shape index (κ1) is 15.0. The second kappa shape index (κ2) is 6.35. The van der Waals surface area contributed by atoms with Crippen LogP contribution in [0.25, 0.3) is 0 Å². The van der Waals surface area contributed by atoms with Gasteiger partial charge in [0.1, 0.15) is 22.4 Å². The Balaban J connectivity index is 1.97. The molecule has 0 saturated heterocycles.